The normalized spacial score (nSPS) is 15.2. The summed E-state index contributed by atoms with van der Waals surface area (Å²) in [7, 11) is 0. The van der Waals surface area contributed by atoms with Crippen molar-refractivity contribution in [1.82, 2.24) is 9.13 Å². The van der Waals surface area contributed by atoms with E-state index in [9.17, 15) is 0 Å². The Bertz CT molecular complexity index is 3460. The standard InChI is InChI=1S/C54H42N2S/c1-53(2)26-27-54(3,4)45-32-49-41(29-44(45)53)42-30-48-43(31-47(42)55(49)35-16-6-5-7-17-35)51-37-19-9-8-14-33(37)24-25-46(51)56(48)36-18-12-15-34(28-36)38-21-13-22-40-39-20-10-11-23-50(39)57-52(38)40/h5-25,28-32H,26-27H2,1-4H3. The smallest absolute Gasteiger partial charge is 0.0549 e. The number of rotatable bonds is 3. The summed E-state index contributed by atoms with van der Waals surface area (Å²) < 4.78 is 7.73. The van der Waals surface area contributed by atoms with E-state index in [1.165, 1.54) is 121 Å². The van der Waals surface area contributed by atoms with Crippen molar-refractivity contribution in [3.63, 3.8) is 0 Å². The molecule has 0 saturated carbocycles. The lowest BCUT2D eigenvalue weighted by atomic mass is 9.63. The molecule has 0 unspecified atom stereocenters. The SMILES string of the molecule is CC1(C)CCC(C)(C)c2cc3c(cc21)c1cc2c(cc1n3-c1ccccc1)c1c3ccccc3ccc1n2-c1cccc(-c2cccc3c2sc2ccccc23)c1. The van der Waals surface area contributed by atoms with Crippen molar-refractivity contribution in [2.45, 2.75) is 51.4 Å². The molecule has 3 heterocycles. The molecule has 11 aromatic rings. The highest BCUT2D eigenvalue weighted by Crippen LogP contribution is 2.50. The van der Waals surface area contributed by atoms with Crippen LogP contribution in [0.5, 0.6) is 0 Å². The zero-order valence-corrected chi connectivity index (χ0v) is 33.5. The predicted octanol–water partition coefficient (Wildman–Crippen LogP) is 15.4. The van der Waals surface area contributed by atoms with Gasteiger partial charge in [0.05, 0.1) is 22.1 Å². The lowest BCUT2D eigenvalue weighted by Gasteiger charge is -2.42. The van der Waals surface area contributed by atoms with Gasteiger partial charge in [0.25, 0.3) is 0 Å². The molecule has 0 spiro atoms. The largest absolute Gasteiger partial charge is 0.309 e. The van der Waals surface area contributed by atoms with Gasteiger partial charge in [-0.05, 0) is 117 Å². The lowest BCUT2D eigenvalue weighted by Crippen LogP contribution is -2.33. The van der Waals surface area contributed by atoms with E-state index in [1.807, 2.05) is 11.3 Å². The van der Waals surface area contributed by atoms with Crippen molar-refractivity contribution in [3.8, 4) is 22.5 Å². The topological polar surface area (TPSA) is 9.86 Å². The highest BCUT2D eigenvalue weighted by atomic mass is 32.1. The summed E-state index contributed by atoms with van der Waals surface area (Å²) in [6.07, 6.45) is 2.38. The molecule has 1 aliphatic rings. The Morgan fingerprint density at radius 2 is 1.05 bits per heavy atom. The summed E-state index contributed by atoms with van der Waals surface area (Å²) in [4.78, 5) is 0. The first-order valence-electron chi connectivity index (χ1n) is 20.3. The molecule has 0 amide bonds. The minimum atomic E-state index is 0.107. The molecule has 0 fully saturated rings. The molecule has 274 valence electrons. The van der Waals surface area contributed by atoms with E-state index in [0.717, 1.165) is 0 Å². The highest BCUT2D eigenvalue weighted by Gasteiger charge is 2.38. The Morgan fingerprint density at radius 3 is 1.89 bits per heavy atom. The van der Waals surface area contributed by atoms with Crippen LogP contribution in [-0.4, -0.2) is 9.13 Å². The van der Waals surface area contributed by atoms with Crippen LogP contribution in [0.4, 0.5) is 0 Å². The number of fused-ring (bicyclic) bond motifs is 12. The van der Waals surface area contributed by atoms with E-state index in [0.29, 0.717) is 0 Å². The van der Waals surface area contributed by atoms with Gasteiger partial charge >= 0.3 is 0 Å². The minimum absolute atomic E-state index is 0.107. The van der Waals surface area contributed by atoms with E-state index < -0.39 is 0 Å². The molecule has 0 saturated heterocycles. The third kappa shape index (κ3) is 4.70. The first-order valence-corrected chi connectivity index (χ1v) is 21.1. The van der Waals surface area contributed by atoms with Crippen LogP contribution in [0, 0.1) is 0 Å². The maximum Gasteiger partial charge on any atom is 0.0549 e. The number of nitrogens with zero attached hydrogens (tertiary/aromatic N) is 2. The highest BCUT2D eigenvalue weighted by molar-refractivity contribution is 7.26. The molecule has 57 heavy (non-hydrogen) atoms. The fourth-order valence-electron chi connectivity index (χ4n) is 10.3. The zero-order chi connectivity index (χ0) is 38.2. The summed E-state index contributed by atoms with van der Waals surface area (Å²) >= 11 is 1.90. The Kier molecular flexibility index (Phi) is 6.77. The van der Waals surface area contributed by atoms with E-state index in [1.54, 1.807) is 0 Å². The molecule has 0 N–H and O–H groups in total. The van der Waals surface area contributed by atoms with Crippen LogP contribution in [0.25, 0.3) is 97.1 Å². The molecule has 3 aromatic heterocycles. The quantitative estimate of drug-likeness (QED) is 0.170. The lowest BCUT2D eigenvalue weighted by molar-refractivity contribution is 0.332. The van der Waals surface area contributed by atoms with Crippen LogP contribution in [0.3, 0.4) is 0 Å². The number of para-hydroxylation sites is 1. The third-order valence-corrected chi connectivity index (χ3v) is 14.6. The summed E-state index contributed by atoms with van der Waals surface area (Å²) in [5, 5.41) is 10.4. The van der Waals surface area contributed by atoms with Crippen molar-refractivity contribution in [2.24, 2.45) is 0 Å². The molecule has 12 rings (SSSR count). The molecule has 3 heteroatoms. The second-order valence-electron chi connectivity index (χ2n) is 17.6. The molecular weight excluding hydrogens is 709 g/mol. The van der Waals surface area contributed by atoms with Crippen molar-refractivity contribution in [2.75, 3.05) is 0 Å². The molecule has 0 radical (unpaired) electrons. The Balaban J connectivity index is 1.20. The summed E-state index contributed by atoms with van der Waals surface area (Å²) in [6, 6.07) is 59.4. The number of aromatic nitrogens is 2. The third-order valence-electron chi connectivity index (χ3n) is 13.3. The number of hydrogen-bond acceptors (Lipinski definition) is 1. The summed E-state index contributed by atoms with van der Waals surface area (Å²) in [6.45, 7) is 9.76. The Morgan fingerprint density at radius 1 is 0.439 bits per heavy atom. The van der Waals surface area contributed by atoms with E-state index in [4.69, 9.17) is 0 Å². The molecule has 1 aliphatic carbocycles. The van der Waals surface area contributed by atoms with Crippen LogP contribution < -0.4 is 0 Å². The fourth-order valence-corrected chi connectivity index (χ4v) is 11.5. The van der Waals surface area contributed by atoms with E-state index in [-0.39, 0.29) is 10.8 Å². The van der Waals surface area contributed by atoms with Gasteiger partial charge in [0.1, 0.15) is 0 Å². The Hall–Kier alpha value is -6.16. The molecule has 0 aliphatic heterocycles. The average Bonchev–Trinajstić information content (AvgIpc) is 3.89. The van der Waals surface area contributed by atoms with Gasteiger partial charge in [0.15, 0.2) is 0 Å². The average molecular weight is 751 g/mol. The van der Waals surface area contributed by atoms with Gasteiger partial charge in [0.2, 0.25) is 0 Å². The van der Waals surface area contributed by atoms with Gasteiger partial charge < -0.3 is 9.13 Å². The van der Waals surface area contributed by atoms with Crippen LogP contribution in [0.1, 0.15) is 51.7 Å². The predicted molar refractivity (Wildman–Crippen MR) is 246 cm³/mol. The molecular formula is C54H42N2S. The second kappa shape index (κ2) is 11.7. The van der Waals surface area contributed by atoms with Crippen molar-refractivity contribution >= 4 is 85.9 Å². The van der Waals surface area contributed by atoms with Gasteiger partial charge in [-0.3, -0.25) is 0 Å². The first kappa shape index (κ1) is 33.0. The molecule has 2 nitrogen and oxygen atoms in total. The maximum absolute atomic E-state index is 2.56. The van der Waals surface area contributed by atoms with Crippen molar-refractivity contribution in [1.29, 1.82) is 0 Å². The van der Waals surface area contributed by atoms with E-state index >= 15 is 0 Å². The second-order valence-corrected chi connectivity index (χ2v) is 18.6. The van der Waals surface area contributed by atoms with Crippen molar-refractivity contribution in [3.05, 3.63) is 169 Å². The fraction of sp³-hybridized carbons (Fsp3) is 0.148. The molecule has 8 aromatic carbocycles. The van der Waals surface area contributed by atoms with Gasteiger partial charge in [0, 0.05) is 53.1 Å². The summed E-state index contributed by atoms with van der Waals surface area (Å²) in [5.41, 5.74) is 13.1. The molecule has 0 atom stereocenters. The van der Waals surface area contributed by atoms with Gasteiger partial charge in [-0.1, -0.05) is 125 Å². The van der Waals surface area contributed by atoms with Crippen LogP contribution >= 0.6 is 11.3 Å². The molecule has 0 bridgehead atoms. The summed E-state index contributed by atoms with van der Waals surface area (Å²) in [5.74, 6) is 0. The van der Waals surface area contributed by atoms with Crippen molar-refractivity contribution < 1.29 is 0 Å². The van der Waals surface area contributed by atoms with Gasteiger partial charge in [-0.15, -0.1) is 11.3 Å². The van der Waals surface area contributed by atoms with E-state index in [2.05, 4.69) is 195 Å². The first-order chi connectivity index (χ1) is 27.7. The zero-order valence-electron chi connectivity index (χ0n) is 32.7. The van der Waals surface area contributed by atoms with Gasteiger partial charge in [-0.2, -0.15) is 0 Å². The van der Waals surface area contributed by atoms with Crippen LogP contribution in [0.2, 0.25) is 0 Å². The number of benzene rings is 8. The van der Waals surface area contributed by atoms with Gasteiger partial charge in [-0.25, -0.2) is 0 Å². The maximum atomic E-state index is 2.56. The number of hydrogen-bond donors (Lipinski definition) is 0. The Labute approximate surface area is 336 Å². The number of thiophene rings is 1. The van der Waals surface area contributed by atoms with Crippen LogP contribution in [-0.2, 0) is 10.8 Å². The van der Waals surface area contributed by atoms with Crippen LogP contribution in [0.15, 0.2) is 158 Å². The monoisotopic (exact) mass is 750 g/mol. The minimum Gasteiger partial charge on any atom is -0.309 e.